The fourth-order valence-corrected chi connectivity index (χ4v) is 4.17. The van der Waals surface area contributed by atoms with Crippen molar-refractivity contribution < 1.29 is 4.79 Å². The van der Waals surface area contributed by atoms with E-state index in [1.54, 1.807) is 10.9 Å². The zero-order chi connectivity index (χ0) is 24.1. The SMILES string of the molecule is CC(C)CN(C(=O)CSc1nncn1-c1ccccc1)c1c(N)n(CC(C)C)c(=O)[nH]c1=O. The quantitative estimate of drug-likeness (QED) is 0.457. The Morgan fingerprint density at radius 2 is 1.85 bits per heavy atom. The zero-order valence-corrected chi connectivity index (χ0v) is 20.0. The van der Waals surface area contributed by atoms with Gasteiger partial charge in [-0.1, -0.05) is 57.7 Å². The Bertz CT molecular complexity index is 1210. The van der Waals surface area contributed by atoms with Crippen LogP contribution >= 0.6 is 11.8 Å². The van der Waals surface area contributed by atoms with Crippen molar-refractivity contribution in [2.24, 2.45) is 11.8 Å². The number of nitrogens with two attached hydrogens (primary N) is 1. The lowest BCUT2D eigenvalue weighted by atomic mass is 10.2. The Labute approximate surface area is 195 Å². The van der Waals surface area contributed by atoms with Crippen molar-refractivity contribution in [1.29, 1.82) is 0 Å². The number of amides is 1. The van der Waals surface area contributed by atoms with Crippen LogP contribution in [-0.4, -0.2) is 42.5 Å². The van der Waals surface area contributed by atoms with Gasteiger partial charge in [0.1, 0.15) is 12.1 Å². The second-order valence-corrected chi connectivity index (χ2v) is 9.45. The molecular weight excluding hydrogens is 442 g/mol. The van der Waals surface area contributed by atoms with Crippen molar-refractivity contribution in [1.82, 2.24) is 24.3 Å². The molecule has 0 aliphatic carbocycles. The summed E-state index contributed by atoms with van der Waals surface area (Å²) in [7, 11) is 0. The average Bonchev–Trinajstić information content (AvgIpc) is 3.23. The summed E-state index contributed by atoms with van der Waals surface area (Å²) in [4.78, 5) is 42.0. The molecule has 176 valence electrons. The van der Waals surface area contributed by atoms with E-state index in [2.05, 4.69) is 15.2 Å². The van der Waals surface area contributed by atoms with Crippen LogP contribution in [0.15, 0.2) is 51.4 Å². The maximum atomic E-state index is 13.3. The number of thioether (sulfide) groups is 1. The second kappa shape index (κ2) is 10.5. The van der Waals surface area contributed by atoms with Gasteiger partial charge in [-0.05, 0) is 24.0 Å². The molecule has 3 aromatic rings. The predicted molar refractivity (Wildman–Crippen MR) is 130 cm³/mol. The molecule has 33 heavy (non-hydrogen) atoms. The highest BCUT2D eigenvalue weighted by molar-refractivity contribution is 7.99. The number of hydrogen-bond donors (Lipinski definition) is 2. The van der Waals surface area contributed by atoms with Gasteiger partial charge in [-0.3, -0.25) is 23.7 Å². The number of hydrogen-bond acceptors (Lipinski definition) is 7. The van der Waals surface area contributed by atoms with Crippen LogP contribution in [0.2, 0.25) is 0 Å². The number of H-pyrrole nitrogens is 1. The molecular formula is C22H29N7O3S. The molecule has 2 aromatic heterocycles. The molecule has 1 amide bonds. The summed E-state index contributed by atoms with van der Waals surface area (Å²) in [6.07, 6.45) is 1.58. The van der Waals surface area contributed by atoms with Crippen molar-refractivity contribution in [3.05, 3.63) is 57.5 Å². The van der Waals surface area contributed by atoms with E-state index in [0.717, 1.165) is 5.69 Å². The van der Waals surface area contributed by atoms with Crippen LogP contribution in [0.25, 0.3) is 5.69 Å². The van der Waals surface area contributed by atoms with Crippen molar-refractivity contribution >= 4 is 29.2 Å². The minimum Gasteiger partial charge on any atom is -0.383 e. The van der Waals surface area contributed by atoms with Gasteiger partial charge in [0.25, 0.3) is 5.56 Å². The van der Waals surface area contributed by atoms with Crippen LogP contribution in [-0.2, 0) is 11.3 Å². The molecule has 3 N–H and O–H groups in total. The first-order valence-corrected chi connectivity index (χ1v) is 11.7. The number of carbonyl (C=O) groups excluding carboxylic acids is 1. The third kappa shape index (κ3) is 5.72. The van der Waals surface area contributed by atoms with E-state index < -0.39 is 11.2 Å². The molecule has 10 nitrogen and oxygen atoms in total. The van der Waals surface area contributed by atoms with Gasteiger partial charge in [0.05, 0.1) is 5.75 Å². The maximum absolute atomic E-state index is 13.3. The highest BCUT2D eigenvalue weighted by atomic mass is 32.2. The number of nitrogens with zero attached hydrogens (tertiary/aromatic N) is 5. The number of para-hydroxylation sites is 1. The lowest BCUT2D eigenvalue weighted by Crippen LogP contribution is -2.43. The fourth-order valence-electron chi connectivity index (χ4n) is 3.36. The molecule has 11 heteroatoms. The van der Waals surface area contributed by atoms with E-state index in [-0.39, 0.29) is 41.5 Å². The van der Waals surface area contributed by atoms with Crippen LogP contribution in [0.5, 0.6) is 0 Å². The van der Waals surface area contributed by atoms with E-state index >= 15 is 0 Å². The lowest BCUT2D eigenvalue weighted by Gasteiger charge is -2.26. The van der Waals surface area contributed by atoms with E-state index in [0.29, 0.717) is 11.7 Å². The minimum absolute atomic E-state index is 0.000855. The Morgan fingerprint density at radius 1 is 1.15 bits per heavy atom. The summed E-state index contributed by atoms with van der Waals surface area (Å²) in [5, 5.41) is 8.62. The van der Waals surface area contributed by atoms with Crippen LogP contribution in [0.4, 0.5) is 11.5 Å². The zero-order valence-electron chi connectivity index (χ0n) is 19.2. The first-order chi connectivity index (χ1) is 15.7. The molecule has 0 aliphatic heterocycles. The van der Waals surface area contributed by atoms with Gasteiger partial charge < -0.3 is 10.6 Å². The number of carbonyl (C=O) groups is 1. The number of nitrogen functional groups attached to an aromatic ring is 1. The Kier molecular flexibility index (Phi) is 7.75. The van der Waals surface area contributed by atoms with Crippen LogP contribution in [0.1, 0.15) is 27.7 Å². The number of aromatic nitrogens is 5. The van der Waals surface area contributed by atoms with E-state index in [4.69, 9.17) is 5.73 Å². The summed E-state index contributed by atoms with van der Waals surface area (Å²) in [5.74, 6) is -0.123. The molecule has 0 unspecified atom stereocenters. The smallest absolute Gasteiger partial charge is 0.330 e. The monoisotopic (exact) mass is 471 g/mol. The van der Waals surface area contributed by atoms with Gasteiger partial charge in [-0.25, -0.2) is 4.79 Å². The molecule has 0 bridgehead atoms. The minimum atomic E-state index is -0.677. The van der Waals surface area contributed by atoms with Crippen molar-refractivity contribution in [2.45, 2.75) is 39.4 Å². The number of anilines is 2. The number of rotatable bonds is 9. The predicted octanol–water partition coefficient (Wildman–Crippen LogP) is 2.14. The van der Waals surface area contributed by atoms with Crippen LogP contribution in [0, 0.1) is 11.8 Å². The van der Waals surface area contributed by atoms with Crippen LogP contribution in [0.3, 0.4) is 0 Å². The summed E-state index contributed by atoms with van der Waals surface area (Å²) >= 11 is 1.21. The third-order valence-electron chi connectivity index (χ3n) is 4.76. The topological polar surface area (TPSA) is 132 Å². The molecule has 0 spiro atoms. The van der Waals surface area contributed by atoms with Gasteiger partial charge in [-0.15, -0.1) is 10.2 Å². The molecule has 0 saturated carbocycles. The second-order valence-electron chi connectivity index (χ2n) is 8.50. The molecule has 0 saturated heterocycles. The van der Waals surface area contributed by atoms with Crippen molar-refractivity contribution in [2.75, 3.05) is 22.9 Å². The van der Waals surface area contributed by atoms with Gasteiger partial charge in [0, 0.05) is 18.8 Å². The van der Waals surface area contributed by atoms with E-state index in [1.807, 2.05) is 58.0 Å². The molecule has 3 rings (SSSR count). The van der Waals surface area contributed by atoms with E-state index in [1.165, 1.54) is 21.2 Å². The largest absolute Gasteiger partial charge is 0.383 e. The molecule has 1 aromatic carbocycles. The van der Waals surface area contributed by atoms with Crippen molar-refractivity contribution in [3.63, 3.8) is 0 Å². The number of aromatic amines is 1. The highest BCUT2D eigenvalue weighted by Gasteiger charge is 2.26. The molecule has 2 heterocycles. The summed E-state index contributed by atoms with van der Waals surface area (Å²) in [6, 6.07) is 9.55. The summed E-state index contributed by atoms with van der Waals surface area (Å²) < 4.78 is 3.09. The molecule has 0 fully saturated rings. The molecule has 0 aliphatic rings. The summed E-state index contributed by atoms with van der Waals surface area (Å²) in [5.41, 5.74) is 5.86. The van der Waals surface area contributed by atoms with Gasteiger partial charge in [0.15, 0.2) is 10.8 Å². The van der Waals surface area contributed by atoms with Gasteiger partial charge >= 0.3 is 5.69 Å². The standard InChI is InChI=1S/C22H29N7O3S/c1-14(2)10-27(18-19(23)28(11-15(3)4)21(32)25-20(18)31)17(30)12-33-22-26-24-13-29(22)16-8-6-5-7-9-16/h5-9,13-15H,10-12,23H2,1-4H3,(H,25,31,32). The van der Waals surface area contributed by atoms with Gasteiger partial charge in [0.2, 0.25) is 5.91 Å². The Balaban J connectivity index is 1.91. The first-order valence-electron chi connectivity index (χ1n) is 10.7. The Morgan fingerprint density at radius 3 is 2.48 bits per heavy atom. The molecule has 0 radical (unpaired) electrons. The highest BCUT2D eigenvalue weighted by Crippen LogP contribution is 2.23. The number of nitrogens with one attached hydrogen (secondary N) is 1. The third-order valence-corrected chi connectivity index (χ3v) is 5.68. The number of benzene rings is 1. The maximum Gasteiger partial charge on any atom is 0.330 e. The fraction of sp³-hybridized carbons (Fsp3) is 0.409. The lowest BCUT2D eigenvalue weighted by molar-refractivity contribution is -0.116. The molecule has 0 atom stereocenters. The Hall–Kier alpha value is -3.34. The first kappa shape index (κ1) is 24.3. The van der Waals surface area contributed by atoms with Crippen LogP contribution < -0.4 is 21.9 Å². The van der Waals surface area contributed by atoms with Gasteiger partial charge in [-0.2, -0.15) is 0 Å². The van der Waals surface area contributed by atoms with Crippen molar-refractivity contribution in [3.8, 4) is 5.69 Å². The normalized spacial score (nSPS) is 11.3. The summed E-state index contributed by atoms with van der Waals surface area (Å²) in [6.45, 7) is 8.35. The average molecular weight is 472 g/mol. The van der Waals surface area contributed by atoms with E-state index in [9.17, 15) is 14.4 Å².